The van der Waals surface area contributed by atoms with Gasteiger partial charge >= 0.3 is 0 Å². The molecule has 1 aromatic rings. The Morgan fingerprint density at radius 3 is 3.07 bits per heavy atom. The fourth-order valence-electron chi connectivity index (χ4n) is 2.04. The average Bonchev–Trinajstić information content (AvgIpc) is 2.41. The Bertz CT molecular complexity index is 369. The van der Waals surface area contributed by atoms with Crippen molar-refractivity contribution in [2.45, 2.75) is 31.5 Å². The Hall–Kier alpha value is -1.00. The second-order valence-corrected chi connectivity index (χ2v) is 3.67. The van der Waals surface area contributed by atoms with Crippen LogP contribution in [-0.4, -0.2) is 15.2 Å². The van der Waals surface area contributed by atoms with E-state index >= 15 is 0 Å². The quantitative estimate of drug-likeness (QED) is 0.666. The van der Waals surface area contributed by atoms with Crippen LogP contribution in [0.15, 0.2) is 12.3 Å². The molecule has 0 spiro atoms. The molecule has 14 heavy (non-hydrogen) atoms. The summed E-state index contributed by atoms with van der Waals surface area (Å²) in [5.74, 6) is -0.681. The van der Waals surface area contributed by atoms with Gasteiger partial charge in [-0.05, 0) is 18.1 Å². The number of aliphatic hydroxyl groups is 2. The summed E-state index contributed by atoms with van der Waals surface area (Å²) < 4.78 is 13.2. The lowest BCUT2D eigenvalue weighted by Gasteiger charge is -2.21. The number of fused-ring (bicyclic) bond motifs is 1. The summed E-state index contributed by atoms with van der Waals surface area (Å²) in [5, 5.41) is 19.7. The van der Waals surface area contributed by atoms with Gasteiger partial charge in [0.15, 0.2) is 0 Å². The molecule has 1 aromatic heterocycles. The van der Waals surface area contributed by atoms with Crippen LogP contribution in [0, 0.1) is 5.95 Å². The third kappa shape index (κ3) is 1.14. The van der Waals surface area contributed by atoms with Gasteiger partial charge in [0.1, 0.15) is 0 Å². The van der Waals surface area contributed by atoms with E-state index in [9.17, 15) is 14.6 Å². The molecule has 2 rings (SSSR count). The topological polar surface area (TPSA) is 53.4 Å². The normalized spacial score (nSPS) is 30.4. The molecular formula is C10H12FNO2. The van der Waals surface area contributed by atoms with Gasteiger partial charge in [-0.25, -0.2) is 4.98 Å². The van der Waals surface area contributed by atoms with Gasteiger partial charge in [-0.3, -0.25) is 0 Å². The fraction of sp³-hybridized carbons (Fsp3) is 0.500. The first-order valence-electron chi connectivity index (χ1n) is 4.64. The molecule has 2 atom stereocenters. The van der Waals surface area contributed by atoms with E-state index in [-0.39, 0.29) is 12.0 Å². The summed E-state index contributed by atoms with van der Waals surface area (Å²) in [7, 11) is 0. The zero-order valence-electron chi connectivity index (χ0n) is 7.87. The summed E-state index contributed by atoms with van der Waals surface area (Å²) >= 11 is 0. The lowest BCUT2D eigenvalue weighted by atomic mass is 9.94. The van der Waals surface area contributed by atoms with Gasteiger partial charge in [0.05, 0.1) is 11.7 Å². The molecule has 0 saturated heterocycles. The van der Waals surface area contributed by atoms with Crippen LogP contribution in [0.3, 0.4) is 0 Å². The van der Waals surface area contributed by atoms with Crippen molar-refractivity contribution < 1.29 is 14.6 Å². The van der Waals surface area contributed by atoms with Gasteiger partial charge in [-0.2, -0.15) is 4.39 Å². The number of rotatable bonds is 1. The number of hydrogen-bond acceptors (Lipinski definition) is 3. The second kappa shape index (κ2) is 3.00. The molecule has 0 bridgehead atoms. The van der Waals surface area contributed by atoms with Crippen LogP contribution in [-0.2, 0) is 5.60 Å². The third-order valence-corrected chi connectivity index (χ3v) is 2.89. The minimum Gasteiger partial charge on any atom is -0.388 e. The predicted molar refractivity (Wildman–Crippen MR) is 48.0 cm³/mol. The number of hydrogen-bond donors (Lipinski definition) is 2. The van der Waals surface area contributed by atoms with Crippen molar-refractivity contribution in [1.29, 1.82) is 0 Å². The van der Waals surface area contributed by atoms with Gasteiger partial charge in [0.25, 0.3) is 0 Å². The van der Waals surface area contributed by atoms with Crippen molar-refractivity contribution in [3.8, 4) is 0 Å². The maximum atomic E-state index is 13.2. The molecule has 0 radical (unpaired) electrons. The summed E-state index contributed by atoms with van der Waals surface area (Å²) in [6, 6.07) is 1.57. The standard InChI is InChI=1S/C10H12FNO2/c1-2-10(14)5-7(13)8-6(10)3-4-12-9(8)11/h3-4,7,13-14H,2,5H2,1H3/t7-,10-/m0/s1. The van der Waals surface area contributed by atoms with Crippen LogP contribution in [0.1, 0.15) is 37.0 Å². The molecule has 2 N–H and O–H groups in total. The first-order valence-corrected chi connectivity index (χ1v) is 4.64. The van der Waals surface area contributed by atoms with E-state index in [0.29, 0.717) is 12.0 Å². The molecule has 0 aromatic carbocycles. The number of aliphatic hydroxyl groups excluding tert-OH is 1. The van der Waals surface area contributed by atoms with E-state index in [4.69, 9.17) is 0 Å². The molecule has 3 nitrogen and oxygen atoms in total. The van der Waals surface area contributed by atoms with E-state index in [1.54, 1.807) is 13.0 Å². The fourth-order valence-corrected chi connectivity index (χ4v) is 2.04. The molecule has 0 unspecified atom stereocenters. The molecule has 1 aliphatic rings. The zero-order chi connectivity index (χ0) is 10.3. The van der Waals surface area contributed by atoms with Gasteiger partial charge in [0, 0.05) is 18.2 Å². The van der Waals surface area contributed by atoms with Crippen molar-refractivity contribution in [2.75, 3.05) is 0 Å². The van der Waals surface area contributed by atoms with Crippen molar-refractivity contribution in [3.63, 3.8) is 0 Å². The smallest absolute Gasteiger partial charge is 0.219 e. The van der Waals surface area contributed by atoms with E-state index in [0.717, 1.165) is 0 Å². The summed E-state index contributed by atoms with van der Waals surface area (Å²) in [6.07, 6.45) is 0.984. The Morgan fingerprint density at radius 1 is 1.71 bits per heavy atom. The first kappa shape index (κ1) is 9.55. The predicted octanol–water partition coefficient (Wildman–Crippen LogP) is 1.26. The van der Waals surface area contributed by atoms with Crippen LogP contribution in [0.2, 0.25) is 0 Å². The second-order valence-electron chi connectivity index (χ2n) is 3.67. The Kier molecular flexibility index (Phi) is 2.05. The minimum absolute atomic E-state index is 0.150. The highest BCUT2D eigenvalue weighted by Crippen LogP contribution is 2.45. The van der Waals surface area contributed by atoms with Crippen molar-refractivity contribution in [2.24, 2.45) is 0 Å². The number of nitrogens with zero attached hydrogens (tertiary/aromatic N) is 1. The van der Waals surface area contributed by atoms with E-state index in [2.05, 4.69) is 4.98 Å². The van der Waals surface area contributed by atoms with E-state index in [1.807, 2.05) is 0 Å². The van der Waals surface area contributed by atoms with Crippen LogP contribution in [0.5, 0.6) is 0 Å². The first-order chi connectivity index (χ1) is 6.58. The molecule has 4 heteroatoms. The third-order valence-electron chi connectivity index (χ3n) is 2.89. The number of aromatic nitrogens is 1. The maximum Gasteiger partial charge on any atom is 0.219 e. The molecule has 0 fully saturated rings. The zero-order valence-corrected chi connectivity index (χ0v) is 7.87. The van der Waals surface area contributed by atoms with Gasteiger partial charge in [-0.1, -0.05) is 6.92 Å². The lowest BCUT2D eigenvalue weighted by Crippen LogP contribution is -2.21. The molecule has 1 aliphatic carbocycles. The highest BCUT2D eigenvalue weighted by molar-refractivity contribution is 5.37. The summed E-state index contributed by atoms with van der Waals surface area (Å²) in [6.45, 7) is 1.81. The van der Waals surface area contributed by atoms with Crippen molar-refractivity contribution in [3.05, 3.63) is 29.3 Å². The SMILES string of the molecule is CC[C@]1(O)C[C@H](O)c2c1ccnc2F. The lowest BCUT2D eigenvalue weighted by molar-refractivity contribution is 0.00277. The van der Waals surface area contributed by atoms with Crippen LogP contribution in [0.4, 0.5) is 4.39 Å². The summed E-state index contributed by atoms with van der Waals surface area (Å²) in [4.78, 5) is 3.46. The van der Waals surface area contributed by atoms with E-state index in [1.165, 1.54) is 6.20 Å². The Morgan fingerprint density at radius 2 is 2.43 bits per heavy atom. The molecule has 76 valence electrons. The van der Waals surface area contributed by atoms with Crippen LogP contribution >= 0.6 is 0 Å². The van der Waals surface area contributed by atoms with Gasteiger partial charge in [-0.15, -0.1) is 0 Å². The van der Waals surface area contributed by atoms with Crippen LogP contribution in [0.25, 0.3) is 0 Å². The molecular weight excluding hydrogens is 185 g/mol. The average molecular weight is 197 g/mol. The molecule has 0 aliphatic heterocycles. The largest absolute Gasteiger partial charge is 0.388 e. The molecule has 0 amide bonds. The number of halogens is 1. The molecule has 1 heterocycles. The monoisotopic (exact) mass is 197 g/mol. The highest BCUT2D eigenvalue weighted by atomic mass is 19.1. The highest BCUT2D eigenvalue weighted by Gasteiger charge is 2.42. The maximum absolute atomic E-state index is 13.2. The van der Waals surface area contributed by atoms with Crippen molar-refractivity contribution >= 4 is 0 Å². The summed E-state index contributed by atoms with van der Waals surface area (Å²) in [5.41, 5.74) is -0.477. The Labute approximate surface area is 81.2 Å². The molecule has 0 saturated carbocycles. The van der Waals surface area contributed by atoms with Gasteiger partial charge in [0.2, 0.25) is 5.95 Å². The van der Waals surface area contributed by atoms with Crippen molar-refractivity contribution in [1.82, 2.24) is 4.98 Å². The Balaban J connectivity index is 2.60. The van der Waals surface area contributed by atoms with Gasteiger partial charge < -0.3 is 10.2 Å². The minimum atomic E-state index is -1.10. The van der Waals surface area contributed by atoms with Crippen LogP contribution < -0.4 is 0 Å². The van der Waals surface area contributed by atoms with E-state index < -0.39 is 17.7 Å². The number of pyridine rings is 1.